The van der Waals surface area contributed by atoms with Crippen LogP contribution in [0.3, 0.4) is 0 Å². The Kier molecular flexibility index (Phi) is 4.36. The van der Waals surface area contributed by atoms with Gasteiger partial charge in [-0.3, -0.25) is 9.59 Å². The fourth-order valence-corrected chi connectivity index (χ4v) is 2.86. The van der Waals surface area contributed by atoms with Gasteiger partial charge in [0, 0.05) is 10.0 Å². The van der Waals surface area contributed by atoms with Crippen LogP contribution >= 0.6 is 15.9 Å². The molecule has 4 nitrogen and oxygen atoms in total. The van der Waals surface area contributed by atoms with Crippen molar-refractivity contribution < 1.29 is 14.9 Å². The van der Waals surface area contributed by atoms with E-state index in [9.17, 15) is 9.59 Å². The van der Waals surface area contributed by atoms with E-state index >= 15 is 0 Å². The molecule has 0 unspecified atom stereocenters. The van der Waals surface area contributed by atoms with Crippen LogP contribution in [0.25, 0.3) is 0 Å². The van der Waals surface area contributed by atoms with E-state index in [0.717, 1.165) is 10.0 Å². The number of nitrogens with two attached hydrogens (primary N) is 1. The largest absolute Gasteiger partial charge is 0.332 e. The lowest BCUT2D eigenvalue weighted by Crippen LogP contribution is -2.90. The molecule has 2 amide bonds. The zero-order valence-electron chi connectivity index (χ0n) is 11.9. The van der Waals surface area contributed by atoms with Crippen LogP contribution in [-0.2, 0) is 16.1 Å². The third kappa shape index (κ3) is 3.10. The summed E-state index contributed by atoms with van der Waals surface area (Å²) >= 11 is 3.35. The molecular weight excluding hydrogens is 344 g/mol. The molecule has 2 aromatic carbocycles. The lowest BCUT2D eigenvalue weighted by Gasteiger charge is -2.14. The second-order valence-electron chi connectivity index (χ2n) is 5.28. The van der Waals surface area contributed by atoms with Crippen LogP contribution < -0.4 is 10.2 Å². The first-order valence-electron chi connectivity index (χ1n) is 7.15. The molecule has 0 aromatic heterocycles. The summed E-state index contributed by atoms with van der Waals surface area (Å²) in [5, 5.41) is 1.94. The molecule has 1 atom stereocenters. The smallest absolute Gasteiger partial charge is 0.292 e. The number of hydrogen-bond donors (Lipinski definition) is 1. The summed E-state index contributed by atoms with van der Waals surface area (Å²) < 4.78 is 0.919. The van der Waals surface area contributed by atoms with Gasteiger partial charge in [0.2, 0.25) is 5.91 Å². The Morgan fingerprint density at radius 1 is 1.05 bits per heavy atom. The van der Waals surface area contributed by atoms with Crippen LogP contribution in [0.5, 0.6) is 0 Å². The maximum absolute atomic E-state index is 12.5. The third-order valence-electron chi connectivity index (χ3n) is 3.75. The minimum absolute atomic E-state index is 0.136. The highest BCUT2D eigenvalue weighted by molar-refractivity contribution is 9.10. The summed E-state index contributed by atoms with van der Waals surface area (Å²) in [7, 11) is 0. The summed E-state index contributed by atoms with van der Waals surface area (Å²) in [6, 6.07) is 16.8. The molecule has 0 bridgehead atoms. The summed E-state index contributed by atoms with van der Waals surface area (Å²) in [4.78, 5) is 25.9. The second kappa shape index (κ2) is 6.42. The van der Waals surface area contributed by atoms with E-state index in [1.165, 1.54) is 4.90 Å². The zero-order valence-corrected chi connectivity index (χ0v) is 13.5. The van der Waals surface area contributed by atoms with Crippen molar-refractivity contribution in [2.75, 3.05) is 4.90 Å². The molecule has 1 saturated heterocycles. The van der Waals surface area contributed by atoms with Crippen LogP contribution in [0.2, 0.25) is 0 Å². The topological polar surface area (TPSA) is 54.0 Å². The monoisotopic (exact) mass is 359 g/mol. The minimum atomic E-state index is -0.337. The van der Waals surface area contributed by atoms with Gasteiger partial charge < -0.3 is 5.32 Å². The Bertz CT molecular complexity index is 686. The molecule has 22 heavy (non-hydrogen) atoms. The first-order valence-corrected chi connectivity index (χ1v) is 7.94. The normalized spacial score (nSPS) is 18.0. The van der Waals surface area contributed by atoms with Gasteiger partial charge in [-0.1, -0.05) is 46.3 Å². The number of imide groups is 1. The predicted molar refractivity (Wildman–Crippen MR) is 87.1 cm³/mol. The number of nitrogens with zero attached hydrogens (tertiary/aromatic N) is 1. The number of halogens is 1. The Hall–Kier alpha value is -1.98. The quantitative estimate of drug-likeness (QED) is 0.847. The van der Waals surface area contributed by atoms with Crippen LogP contribution in [0.15, 0.2) is 59.1 Å². The van der Waals surface area contributed by atoms with Crippen LogP contribution in [0.1, 0.15) is 12.0 Å². The zero-order chi connectivity index (χ0) is 15.5. The van der Waals surface area contributed by atoms with Crippen molar-refractivity contribution in [2.24, 2.45) is 0 Å². The van der Waals surface area contributed by atoms with E-state index in [2.05, 4.69) is 15.9 Å². The van der Waals surface area contributed by atoms with E-state index in [1.807, 2.05) is 47.8 Å². The van der Waals surface area contributed by atoms with Crippen molar-refractivity contribution in [3.63, 3.8) is 0 Å². The van der Waals surface area contributed by atoms with Crippen molar-refractivity contribution in [1.82, 2.24) is 0 Å². The van der Waals surface area contributed by atoms with Crippen molar-refractivity contribution in [2.45, 2.75) is 19.0 Å². The van der Waals surface area contributed by atoms with Crippen LogP contribution in [0.4, 0.5) is 5.69 Å². The van der Waals surface area contributed by atoms with Gasteiger partial charge in [-0.2, -0.15) is 0 Å². The molecule has 1 aliphatic rings. The molecule has 1 heterocycles. The Labute approximate surface area is 137 Å². The molecule has 1 aliphatic heterocycles. The second-order valence-corrected chi connectivity index (χ2v) is 6.20. The summed E-state index contributed by atoms with van der Waals surface area (Å²) in [5.41, 5.74) is 1.78. The van der Waals surface area contributed by atoms with Gasteiger partial charge >= 0.3 is 0 Å². The number of hydrogen-bond acceptors (Lipinski definition) is 2. The van der Waals surface area contributed by atoms with Gasteiger partial charge in [-0.15, -0.1) is 0 Å². The standard InChI is InChI=1S/C17H15BrN2O2/c18-13-6-8-14(9-7-13)20-16(21)10-15(17(20)22)19-11-12-4-2-1-3-5-12/h1-9,15,19H,10-11H2/p+1/t15-/m0/s1. The first kappa shape index (κ1) is 14.9. The Morgan fingerprint density at radius 3 is 2.41 bits per heavy atom. The lowest BCUT2D eigenvalue weighted by molar-refractivity contribution is -0.690. The number of anilines is 1. The highest BCUT2D eigenvalue weighted by Gasteiger charge is 2.42. The number of rotatable bonds is 4. The fraction of sp³-hybridized carbons (Fsp3) is 0.176. The average Bonchev–Trinajstić information content (AvgIpc) is 2.82. The molecule has 2 N–H and O–H groups in total. The van der Waals surface area contributed by atoms with E-state index in [0.29, 0.717) is 12.2 Å². The van der Waals surface area contributed by atoms with Gasteiger partial charge in [0.05, 0.1) is 12.1 Å². The summed E-state index contributed by atoms with van der Waals surface area (Å²) in [5.74, 6) is -0.273. The van der Waals surface area contributed by atoms with E-state index < -0.39 is 0 Å². The number of quaternary nitrogens is 1. The summed E-state index contributed by atoms with van der Waals surface area (Å²) in [6.45, 7) is 0.693. The van der Waals surface area contributed by atoms with Gasteiger partial charge in [0.25, 0.3) is 5.91 Å². The van der Waals surface area contributed by atoms with E-state index in [1.54, 1.807) is 12.1 Å². The molecular formula is C17H16BrN2O2+. The van der Waals surface area contributed by atoms with Crippen molar-refractivity contribution in [1.29, 1.82) is 0 Å². The Balaban J connectivity index is 1.70. The van der Waals surface area contributed by atoms with Gasteiger partial charge in [-0.25, -0.2) is 4.90 Å². The first-order chi connectivity index (χ1) is 10.6. The van der Waals surface area contributed by atoms with E-state index in [4.69, 9.17) is 0 Å². The van der Waals surface area contributed by atoms with Crippen molar-refractivity contribution in [3.8, 4) is 0 Å². The van der Waals surface area contributed by atoms with Crippen LogP contribution in [0, 0.1) is 0 Å². The Morgan fingerprint density at radius 2 is 1.73 bits per heavy atom. The molecule has 0 aliphatic carbocycles. The lowest BCUT2D eigenvalue weighted by atomic mass is 10.2. The van der Waals surface area contributed by atoms with Gasteiger partial charge in [0.15, 0.2) is 6.04 Å². The SMILES string of the molecule is O=C1C[C@H]([NH2+]Cc2ccccc2)C(=O)N1c1ccc(Br)cc1. The molecule has 1 fully saturated rings. The number of amides is 2. The predicted octanol–water partition coefficient (Wildman–Crippen LogP) is 1.84. The minimum Gasteiger partial charge on any atom is -0.332 e. The molecule has 0 spiro atoms. The number of carbonyl (C=O) groups excluding carboxylic acids is 2. The van der Waals surface area contributed by atoms with Crippen LogP contribution in [-0.4, -0.2) is 17.9 Å². The van der Waals surface area contributed by atoms with Gasteiger partial charge in [0.1, 0.15) is 6.54 Å². The maximum Gasteiger partial charge on any atom is 0.292 e. The highest BCUT2D eigenvalue weighted by Crippen LogP contribution is 2.23. The highest BCUT2D eigenvalue weighted by atomic mass is 79.9. The average molecular weight is 360 g/mol. The molecule has 0 radical (unpaired) electrons. The molecule has 3 rings (SSSR count). The molecule has 0 saturated carbocycles. The molecule has 112 valence electrons. The van der Waals surface area contributed by atoms with Gasteiger partial charge in [-0.05, 0) is 24.3 Å². The summed E-state index contributed by atoms with van der Waals surface area (Å²) in [6.07, 6.45) is 0.252. The number of benzene rings is 2. The molecule has 5 heteroatoms. The number of carbonyl (C=O) groups is 2. The van der Waals surface area contributed by atoms with Crippen molar-refractivity contribution in [3.05, 3.63) is 64.6 Å². The molecule has 2 aromatic rings. The third-order valence-corrected chi connectivity index (χ3v) is 4.28. The maximum atomic E-state index is 12.5. The fourth-order valence-electron chi connectivity index (χ4n) is 2.59. The van der Waals surface area contributed by atoms with Crippen molar-refractivity contribution >= 4 is 33.4 Å². The van der Waals surface area contributed by atoms with E-state index in [-0.39, 0.29) is 24.3 Å².